The van der Waals surface area contributed by atoms with Crippen molar-refractivity contribution >= 4 is 0 Å². The average Bonchev–Trinajstić information content (AvgIpc) is 2.39. The molecule has 0 aromatic carbocycles. The van der Waals surface area contributed by atoms with Crippen LogP contribution in [0.4, 0.5) is 0 Å². The zero-order valence-electron chi connectivity index (χ0n) is 7.34. The van der Waals surface area contributed by atoms with Crippen molar-refractivity contribution in [2.45, 2.75) is 38.4 Å². The minimum Gasteiger partial charge on any atom is -0.380 e. The first-order chi connectivity index (χ1) is 5.20. The Morgan fingerprint density at radius 2 is 2.27 bits per heavy atom. The van der Waals surface area contributed by atoms with Gasteiger partial charge in [-0.3, -0.25) is 0 Å². The van der Waals surface area contributed by atoms with Gasteiger partial charge in [0.25, 0.3) is 0 Å². The molecular weight excluding hydrogens is 140 g/mol. The highest BCUT2D eigenvalue weighted by molar-refractivity contribution is 4.78. The molecule has 3 unspecified atom stereocenters. The zero-order chi connectivity index (χ0) is 8.27. The van der Waals surface area contributed by atoms with Crippen LogP contribution in [0.3, 0.4) is 0 Å². The maximum atomic E-state index is 5.71. The first-order valence-electron chi connectivity index (χ1n) is 4.29. The summed E-state index contributed by atoms with van der Waals surface area (Å²) in [6, 6.07) is 1.13. The van der Waals surface area contributed by atoms with Crippen LogP contribution in [0.1, 0.15) is 20.3 Å². The third-order valence-corrected chi connectivity index (χ3v) is 2.22. The number of ether oxygens (including phenoxy) is 1. The summed E-state index contributed by atoms with van der Waals surface area (Å²) in [5.41, 5.74) is 5.71. The van der Waals surface area contributed by atoms with Gasteiger partial charge in [-0.05, 0) is 20.3 Å². The second-order valence-electron chi connectivity index (χ2n) is 3.37. The molecule has 1 heterocycles. The van der Waals surface area contributed by atoms with Gasteiger partial charge in [0.2, 0.25) is 0 Å². The maximum Gasteiger partial charge on any atom is 0.0620 e. The summed E-state index contributed by atoms with van der Waals surface area (Å²) in [6.45, 7) is 5.87. The van der Waals surface area contributed by atoms with E-state index in [-0.39, 0.29) is 6.04 Å². The van der Waals surface area contributed by atoms with Crippen LogP contribution in [0.2, 0.25) is 0 Å². The SMILES string of the molecule is CC(N)C(C)NC1CCOC1. The van der Waals surface area contributed by atoms with Gasteiger partial charge in [-0.2, -0.15) is 0 Å². The van der Waals surface area contributed by atoms with Crippen molar-refractivity contribution < 1.29 is 4.74 Å². The fraction of sp³-hybridized carbons (Fsp3) is 1.00. The van der Waals surface area contributed by atoms with Crippen LogP contribution < -0.4 is 11.1 Å². The van der Waals surface area contributed by atoms with E-state index < -0.39 is 0 Å². The smallest absolute Gasteiger partial charge is 0.0620 e. The van der Waals surface area contributed by atoms with Gasteiger partial charge < -0.3 is 15.8 Å². The Morgan fingerprint density at radius 3 is 2.73 bits per heavy atom. The predicted octanol–water partition coefficient (Wildman–Crippen LogP) is 0.101. The minimum absolute atomic E-state index is 0.218. The first-order valence-corrected chi connectivity index (χ1v) is 4.29. The van der Waals surface area contributed by atoms with Crippen LogP contribution in [0.15, 0.2) is 0 Å². The predicted molar refractivity (Wildman–Crippen MR) is 45.5 cm³/mol. The minimum atomic E-state index is 0.218. The quantitative estimate of drug-likeness (QED) is 0.612. The van der Waals surface area contributed by atoms with Crippen LogP contribution >= 0.6 is 0 Å². The largest absolute Gasteiger partial charge is 0.380 e. The molecule has 1 aliphatic heterocycles. The van der Waals surface area contributed by atoms with Crippen LogP contribution in [0.5, 0.6) is 0 Å². The van der Waals surface area contributed by atoms with Crippen molar-refractivity contribution in [1.29, 1.82) is 0 Å². The normalized spacial score (nSPS) is 30.3. The van der Waals surface area contributed by atoms with Crippen molar-refractivity contribution in [2.24, 2.45) is 5.73 Å². The van der Waals surface area contributed by atoms with Gasteiger partial charge in [-0.25, -0.2) is 0 Å². The summed E-state index contributed by atoms with van der Waals surface area (Å²) in [4.78, 5) is 0. The molecule has 3 heteroatoms. The van der Waals surface area contributed by atoms with Crippen molar-refractivity contribution in [2.75, 3.05) is 13.2 Å². The Kier molecular flexibility index (Phi) is 3.30. The Balaban J connectivity index is 2.18. The molecule has 66 valence electrons. The first kappa shape index (κ1) is 8.97. The summed E-state index contributed by atoms with van der Waals surface area (Å²) >= 11 is 0. The van der Waals surface area contributed by atoms with Crippen LogP contribution in [0.25, 0.3) is 0 Å². The molecule has 0 bridgehead atoms. The fourth-order valence-corrected chi connectivity index (χ4v) is 1.19. The van der Waals surface area contributed by atoms with E-state index in [0.717, 1.165) is 19.6 Å². The molecule has 1 fully saturated rings. The van der Waals surface area contributed by atoms with Gasteiger partial charge in [-0.15, -0.1) is 0 Å². The molecule has 1 saturated heterocycles. The van der Waals surface area contributed by atoms with Gasteiger partial charge in [0.15, 0.2) is 0 Å². The summed E-state index contributed by atoms with van der Waals surface area (Å²) in [5.74, 6) is 0. The van der Waals surface area contributed by atoms with Gasteiger partial charge in [0.05, 0.1) is 6.61 Å². The van der Waals surface area contributed by atoms with Crippen LogP contribution in [0, 0.1) is 0 Å². The molecule has 3 N–H and O–H groups in total. The Labute approximate surface area is 68.3 Å². The second-order valence-corrected chi connectivity index (χ2v) is 3.37. The highest BCUT2D eigenvalue weighted by atomic mass is 16.5. The molecule has 3 atom stereocenters. The fourth-order valence-electron chi connectivity index (χ4n) is 1.19. The molecule has 0 spiro atoms. The number of hydrogen-bond donors (Lipinski definition) is 2. The lowest BCUT2D eigenvalue weighted by Crippen LogP contribution is -2.46. The zero-order valence-corrected chi connectivity index (χ0v) is 7.34. The van der Waals surface area contributed by atoms with Crippen molar-refractivity contribution in [1.82, 2.24) is 5.32 Å². The maximum absolute atomic E-state index is 5.71. The molecule has 1 rings (SSSR count). The van der Waals surface area contributed by atoms with Gasteiger partial charge in [-0.1, -0.05) is 0 Å². The van der Waals surface area contributed by atoms with Crippen LogP contribution in [-0.4, -0.2) is 31.3 Å². The topological polar surface area (TPSA) is 47.3 Å². The number of nitrogens with one attached hydrogen (secondary N) is 1. The van der Waals surface area contributed by atoms with E-state index in [2.05, 4.69) is 12.2 Å². The summed E-state index contributed by atoms with van der Waals surface area (Å²) < 4.78 is 5.23. The Morgan fingerprint density at radius 1 is 1.55 bits per heavy atom. The number of hydrogen-bond acceptors (Lipinski definition) is 3. The molecule has 0 aromatic rings. The molecule has 0 saturated carbocycles. The van der Waals surface area contributed by atoms with Crippen LogP contribution in [-0.2, 0) is 4.74 Å². The third-order valence-electron chi connectivity index (χ3n) is 2.22. The van der Waals surface area contributed by atoms with Crippen molar-refractivity contribution in [3.8, 4) is 0 Å². The Hall–Kier alpha value is -0.120. The molecule has 0 aromatic heterocycles. The molecular formula is C8H18N2O. The number of rotatable bonds is 3. The van der Waals surface area contributed by atoms with Crippen molar-refractivity contribution in [3.05, 3.63) is 0 Å². The van der Waals surface area contributed by atoms with Gasteiger partial charge >= 0.3 is 0 Å². The highest BCUT2D eigenvalue weighted by Crippen LogP contribution is 2.04. The van der Waals surface area contributed by atoms with E-state index in [1.807, 2.05) is 6.92 Å². The van der Waals surface area contributed by atoms with E-state index in [4.69, 9.17) is 10.5 Å². The summed E-state index contributed by atoms with van der Waals surface area (Å²) in [5, 5.41) is 3.43. The monoisotopic (exact) mass is 158 g/mol. The second kappa shape index (κ2) is 4.04. The number of nitrogens with two attached hydrogens (primary N) is 1. The molecule has 3 nitrogen and oxygen atoms in total. The molecule has 0 aliphatic carbocycles. The standard InChI is InChI=1S/C8H18N2O/c1-6(9)7(2)10-8-3-4-11-5-8/h6-8,10H,3-5,9H2,1-2H3. The highest BCUT2D eigenvalue weighted by Gasteiger charge is 2.18. The lowest BCUT2D eigenvalue weighted by atomic mass is 10.1. The average molecular weight is 158 g/mol. The van der Waals surface area contributed by atoms with E-state index >= 15 is 0 Å². The lowest BCUT2D eigenvalue weighted by Gasteiger charge is -2.21. The van der Waals surface area contributed by atoms with Crippen molar-refractivity contribution in [3.63, 3.8) is 0 Å². The molecule has 0 amide bonds. The summed E-state index contributed by atoms with van der Waals surface area (Å²) in [7, 11) is 0. The van der Waals surface area contributed by atoms with E-state index in [1.54, 1.807) is 0 Å². The Bertz CT molecular complexity index is 111. The van der Waals surface area contributed by atoms with E-state index in [1.165, 1.54) is 0 Å². The van der Waals surface area contributed by atoms with Gasteiger partial charge in [0, 0.05) is 24.7 Å². The van der Waals surface area contributed by atoms with E-state index in [9.17, 15) is 0 Å². The molecule has 11 heavy (non-hydrogen) atoms. The van der Waals surface area contributed by atoms with Gasteiger partial charge in [0.1, 0.15) is 0 Å². The third kappa shape index (κ3) is 2.77. The molecule has 1 aliphatic rings. The summed E-state index contributed by atoms with van der Waals surface area (Å²) in [6.07, 6.45) is 1.12. The molecule has 0 radical (unpaired) electrons. The lowest BCUT2D eigenvalue weighted by molar-refractivity contribution is 0.187. The van der Waals surface area contributed by atoms with E-state index in [0.29, 0.717) is 12.1 Å².